The van der Waals surface area contributed by atoms with Gasteiger partial charge in [0, 0.05) is 23.0 Å². The van der Waals surface area contributed by atoms with Crippen LogP contribution in [-0.2, 0) is 0 Å². The summed E-state index contributed by atoms with van der Waals surface area (Å²) in [4.78, 5) is 11.4. The number of allylic oxidation sites excluding steroid dienone is 6. The van der Waals surface area contributed by atoms with Gasteiger partial charge in [0.05, 0.1) is 5.69 Å². The number of fused-ring (bicyclic) bond motifs is 1. The number of aromatic nitrogens is 3. The maximum atomic E-state index is 6.10. The Labute approximate surface area is 157 Å². The van der Waals surface area contributed by atoms with Gasteiger partial charge < -0.3 is 14.4 Å². The molecule has 132 valence electrons. The smallest absolute Gasteiger partial charge is 0.174 e. The van der Waals surface area contributed by atoms with Crippen molar-refractivity contribution in [2.45, 2.75) is 13.3 Å². The van der Waals surface area contributed by atoms with Gasteiger partial charge >= 0.3 is 0 Å². The van der Waals surface area contributed by atoms with Crippen molar-refractivity contribution in [1.29, 1.82) is 0 Å². The molecule has 4 aromatic rings. The van der Waals surface area contributed by atoms with E-state index in [1.54, 1.807) is 0 Å². The van der Waals surface area contributed by atoms with Crippen molar-refractivity contribution in [3.8, 4) is 22.9 Å². The van der Waals surface area contributed by atoms with Crippen molar-refractivity contribution < 1.29 is 4.42 Å². The summed E-state index contributed by atoms with van der Waals surface area (Å²) in [7, 11) is 0. The van der Waals surface area contributed by atoms with E-state index in [-0.39, 0.29) is 0 Å². The highest BCUT2D eigenvalue weighted by Gasteiger charge is 2.15. The quantitative estimate of drug-likeness (QED) is 0.473. The second-order valence-corrected chi connectivity index (χ2v) is 6.69. The largest absolute Gasteiger partial charge is 0.453 e. The third-order valence-corrected chi connectivity index (χ3v) is 4.83. The van der Waals surface area contributed by atoms with Gasteiger partial charge in [-0.2, -0.15) is 0 Å². The Balaban J connectivity index is 1.49. The number of hydrogen-bond acceptors (Lipinski definition) is 2. The minimum Gasteiger partial charge on any atom is -0.453 e. The molecule has 27 heavy (non-hydrogen) atoms. The Morgan fingerprint density at radius 2 is 1.96 bits per heavy atom. The second-order valence-electron chi connectivity index (χ2n) is 6.69. The summed E-state index contributed by atoms with van der Waals surface area (Å²) in [5.74, 6) is 2.32. The predicted octanol–water partition coefficient (Wildman–Crippen LogP) is 6.03. The minimum absolute atomic E-state index is 0.738. The zero-order valence-corrected chi connectivity index (χ0v) is 15.0. The predicted molar refractivity (Wildman–Crippen MR) is 109 cm³/mol. The zero-order valence-electron chi connectivity index (χ0n) is 15.0. The van der Waals surface area contributed by atoms with Gasteiger partial charge in [0.25, 0.3) is 0 Å². The van der Waals surface area contributed by atoms with Gasteiger partial charge in [-0.15, -0.1) is 0 Å². The molecular weight excluding hydrogens is 334 g/mol. The van der Waals surface area contributed by atoms with Crippen LogP contribution in [-0.4, -0.2) is 15.0 Å². The second kappa shape index (κ2) is 6.32. The van der Waals surface area contributed by atoms with Crippen LogP contribution in [0.2, 0.25) is 0 Å². The topological polar surface area (TPSA) is 57.6 Å². The van der Waals surface area contributed by atoms with Crippen LogP contribution >= 0.6 is 0 Å². The van der Waals surface area contributed by atoms with Crippen LogP contribution in [0.15, 0.2) is 77.4 Å². The fourth-order valence-electron chi connectivity index (χ4n) is 3.43. The van der Waals surface area contributed by atoms with Crippen LogP contribution in [0.3, 0.4) is 0 Å². The highest BCUT2D eigenvalue weighted by Crippen LogP contribution is 2.31. The Bertz CT molecular complexity index is 1210. The zero-order chi connectivity index (χ0) is 18.2. The van der Waals surface area contributed by atoms with Gasteiger partial charge in [-0.05, 0) is 48.6 Å². The number of hydrogen-bond donors (Lipinski definition) is 2. The van der Waals surface area contributed by atoms with Crippen LogP contribution in [0.1, 0.15) is 17.8 Å². The first kappa shape index (κ1) is 15.7. The number of aryl methyl sites for hydroxylation is 1. The summed E-state index contributed by atoms with van der Waals surface area (Å²) >= 11 is 0. The SMILES string of the molecule is Cc1[nH]c(-c2ccc(-c3ccc4cc[nH]c4c3)o2)nc1C1=CCC=CC=C1. The van der Waals surface area contributed by atoms with E-state index < -0.39 is 0 Å². The highest BCUT2D eigenvalue weighted by atomic mass is 16.3. The molecule has 1 aliphatic carbocycles. The first-order chi connectivity index (χ1) is 13.3. The maximum Gasteiger partial charge on any atom is 0.174 e. The van der Waals surface area contributed by atoms with Gasteiger partial charge in [0.15, 0.2) is 11.6 Å². The molecule has 0 saturated heterocycles. The van der Waals surface area contributed by atoms with Crippen molar-refractivity contribution in [2.75, 3.05) is 0 Å². The number of H-pyrrole nitrogens is 2. The van der Waals surface area contributed by atoms with Crippen molar-refractivity contribution in [3.05, 3.63) is 84.4 Å². The van der Waals surface area contributed by atoms with Gasteiger partial charge in [-0.3, -0.25) is 0 Å². The standard InChI is InChI=1S/C23H19N3O/c1-15-22(17-6-4-2-3-5-7-17)26-23(25-15)21-11-10-20(27-21)18-9-8-16-12-13-24-19(16)14-18/h2-4,6-14,24H,5H2,1H3,(H,25,26). The van der Waals surface area contributed by atoms with Crippen molar-refractivity contribution >= 4 is 16.5 Å². The van der Waals surface area contributed by atoms with Crippen LogP contribution < -0.4 is 0 Å². The molecule has 1 aliphatic rings. The third kappa shape index (κ3) is 2.85. The normalized spacial score (nSPS) is 13.9. The van der Waals surface area contributed by atoms with Crippen LogP contribution in [0, 0.1) is 6.92 Å². The van der Waals surface area contributed by atoms with Crippen molar-refractivity contribution in [1.82, 2.24) is 15.0 Å². The highest BCUT2D eigenvalue weighted by molar-refractivity contribution is 5.84. The van der Waals surface area contributed by atoms with Crippen molar-refractivity contribution in [3.63, 3.8) is 0 Å². The van der Waals surface area contributed by atoms with E-state index in [9.17, 15) is 0 Å². The van der Waals surface area contributed by atoms with E-state index in [1.807, 2.05) is 31.3 Å². The summed E-state index contributed by atoms with van der Waals surface area (Å²) < 4.78 is 6.10. The van der Waals surface area contributed by atoms with Gasteiger partial charge in [-0.25, -0.2) is 4.98 Å². The number of benzene rings is 1. The molecule has 1 aromatic carbocycles. The number of imidazole rings is 1. The Hall–Kier alpha value is -3.53. The molecule has 0 atom stereocenters. The molecule has 3 aromatic heterocycles. The van der Waals surface area contributed by atoms with E-state index in [4.69, 9.17) is 9.40 Å². The molecule has 0 saturated carbocycles. The summed E-state index contributed by atoms with van der Waals surface area (Å²) in [5.41, 5.74) is 5.27. The molecule has 5 rings (SSSR count). The summed E-state index contributed by atoms with van der Waals surface area (Å²) in [6, 6.07) is 12.3. The van der Waals surface area contributed by atoms with E-state index in [0.29, 0.717) is 0 Å². The van der Waals surface area contributed by atoms with Crippen molar-refractivity contribution in [2.24, 2.45) is 0 Å². The maximum absolute atomic E-state index is 6.10. The molecule has 0 bridgehead atoms. The third-order valence-electron chi connectivity index (χ3n) is 4.83. The lowest BCUT2D eigenvalue weighted by atomic mass is 10.1. The molecule has 0 aliphatic heterocycles. The van der Waals surface area contributed by atoms with E-state index in [1.165, 1.54) is 5.39 Å². The first-order valence-electron chi connectivity index (χ1n) is 9.06. The fourth-order valence-corrected chi connectivity index (χ4v) is 3.43. The van der Waals surface area contributed by atoms with Gasteiger partial charge in [0.2, 0.25) is 0 Å². The summed E-state index contributed by atoms with van der Waals surface area (Å²) in [5, 5.41) is 1.19. The Kier molecular flexibility index (Phi) is 3.68. The molecule has 4 heteroatoms. The Morgan fingerprint density at radius 3 is 2.93 bits per heavy atom. The molecule has 0 amide bonds. The fraction of sp³-hybridized carbons (Fsp3) is 0.0870. The number of rotatable bonds is 3. The lowest BCUT2D eigenvalue weighted by Gasteiger charge is -1.98. The van der Waals surface area contributed by atoms with Crippen LogP contribution in [0.4, 0.5) is 0 Å². The molecule has 0 unspecified atom stereocenters. The first-order valence-corrected chi connectivity index (χ1v) is 9.06. The average molecular weight is 353 g/mol. The van der Waals surface area contributed by atoms with Gasteiger partial charge in [-0.1, -0.05) is 42.5 Å². The number of nitrogens with one attached hydrogen (secondary N) is 2. The molecule has 0 spiro atoms. The molecule has 4 nitrogen and oxygen atoms in total. The molecule has 0 fully saturated rings. The van der Waals surface area contributed by atoms with E-state index in [0.717, 1.165) is 51.8 Å². The van der Waals surface area contributed by atoms with E-state index in [2.05, 4.69) is 58.5 Å². The Morgan fingerprint density at radius 1 is 1.04 bits per heavy atom. The number of furan rings is 1. The summed E-state index contributed by atoms with van der Waals surface area (Å²) in [6.07, 6.45) is 13.4. The lowest BCUT2D eigenvalue weighted by molar-refractivity contribution is 0.593. The number of aromatic amines is 2. The molecular formula is C23H19N3O. The minimum atomic E-state index is 0.738. The lowest BCUT2D eigenvalue weighted by Crippen LogP contribution is -1.84. The molecule has 2 N–H and O–H groups in total. The molecule has 3 heterocycles. The monoisotopic (exact) mass is 353 g/mol. The van der Waals surface area contributed by atoms with Gasteiger partial charge in [0.1, 0.15) is 5.76 Å². The van der Waals surface area contributed by atoms with Crippen LogP contribution in [0.25, 0.3) is 39.4 Å². The number of nitrogens with zero attached hydrogens (tertiary/aromatic N) is 1. The average Bonchev–Trinajstić information content (AvgIpc) is 3.37. The summed E-state index contributed by atoms with van der Waals surface area (Å²) in [6.45, 7) is 2.04. The van der Waals surface area contributed by atoms with E-state index >= 15 is 0 Å². The molecule has 0 radical (unpaired) electrons. The van der Waals surface area contributed by atoms with Crippen LogP contribution in [0.5, 0.6) is 0 Å².